The van der Waals surface area contributed by atoms with Crippen LogP contribution >= 0.6 is 15.9 Å². The summed E-state index contributed by atoms with van der Waals surface area (Å²) in [5, 5.41) is 0. The minimum Gasteiger partial charge on any atom is -0.370 e. The van der Waals surface area contributed by atoms with Crippen LogP contribution in [0.3, 0.4) is 0 Å². The zero-order chi connectivity index (χ0) is 21.6. The average molecular weight is 493 g/mol. The van der Waals surface area contributed by atoms with Gasteiger partial charge in [0.25, 0.3) is 21.8 Å². The van der Waals surface area contributed by atoms with Crippen molar-refractivity contribution in [1.29, 1.82) is 0 Å². The molecule has 0 N–H and O–H groups in total. The van der Waals surface area contributed by atoms with Gasteiger partial charge in [0.2, 0.25) is 0 Å². The second kappa shape index (κ2) is 7.79. The molecule has 0 aromatic heterocycles. The van der Waals surface area contributed by atoms with Crippen molar-refractivity contribution in [2.24, 2.45) is 0 Å². The average Bonchev–Trinajstić information content (AvgIpc) is 2.93. The Bertz CT molecular complexity index is 1110. The van der Waals surface area contributed by atoms with E-state index in [1.54, 1.807) is 18.7 Å². The van der Waals surface area contributed by atoms with Gasteiger partial charge in [-0.1, -0.05) is 28.1 Å². The highest BCUT2D eigenvalue weighted by molar-refractivity contribution is 9.10. The molecule has 1 fully saturated rings. The lowest BCUT2D eigenvalue weighted by Crippen LogP contribution is -2.42. The summed E-state index contributed by atoms with van der Waals surface area (Å²) in [5.74, 6) is -0.838. The Kier molecular flexibility index (Phi) is 5.46. The molecule has 1 saturated heterocycles. The van der Waals surface area contributed by atoms with Gasteiger partial charge in [0.15, 0.2) is 0 Å². The van der Waals surface area contributed by atoms with Gasteiger partial charge >= 0.3 is 0 Å². The lowest BCUT2D eigenvalue weighted by atomic mass is 10.1. The van der Waals surface area contributed by atoms with Crippen molar-refractivity contribution in [3.05, 3.63) is 63.6 Å². The van der Waals surface area contributed by atoms with Crippen LogP contribution < -0.4 is 0 Å². The maximum atomic E-state index is 13.1. The van der Waals surface area contributed by atoms with Crippen LogP contribution in [0.15, 0.2) is 51.8 Å². The SMILES string of the molecule is CC(C)N1C(=O)c2ccc(C(=O)N3CCOC(c4ccc(Br)cc4)C3)cc2S1(=O)=O. The number of fused-ring (bicyclic) bond motifs is 1. The van der Waals surface area contributed by atoms with E-state index in [4.69, 9.17) is 4.74 Å². The fourth-order valence-electron chi connectivity index (χ4n) is 3.79. The number of rotatable bonds is 3. The monoisotopic (exact) mass is 492 g/mol. The molecule has 2 aromatic rings. The Hall–Kier alpha value is -2.23. The molecule has 30 heavy (non-hydrogen) atoms. The Balaban J connectivity index is 1.60. The second-order valence-electron chi connectivity index (χ2n) is 7.57. The number of hydrogen-bond acceptors (Lipinski definition) is 5. The number of amides is 2. The van der Waals surface area contributed by atoms with Gasteiger partial charge < -0.3 is 9.64 Å². The van der Waals surface area contributed by atoms with Crippen LogP contribution in [-0.2, 0) is 14.8 Å². The van der Waals surface area contributed by atoms with E-state index >= 15 is 0 Å². The third-order valence-electron chi connectivity index (χ3n) is 5.26. The van der Waals surface area contributed by atoms with Gasteiger partial charge in [0.05, 0.1) is 18.7 Å². The second-order valence-corrected chi connectivity index (χ2v) is 10.3. The highest BCUT2D eigenvalue weighted by Gasteiger charge is 2.43. The molecular formula is C21H21BrN2O5S. The summed E-state index contributed by atoms with van der Waals surface area (Å²) in [7, 11) is -3.96. The number of carbonyl (C=O) groups is 2. The number of ether oxygens (including phenoxy) is 1. The summed E-state index contributed by atoms with van der Waals surface area (Å²) in [6, 6.07) is 11.5. The molecule has 0 radical (unpaired) electrons. The normalized spacial score (nSPS) is 20.5. The molecule has 2 aliphatic heterocycles. The zero-order valence-corrected chi connectivity index (χ0v) is 18.9. The first-order chi connectivity index (χ1) is 14.2. The summed E-state index contributed by atoms with van der Waals surface area (Å²) >= 11 is 3.40. The van der Waals surface area contributed by atoms with E-state index < -0.39 is 22.0 Å². The number of hydrogen-bond donors (Lipinski definition) is 0. The summed E-state index contributed by atoms with van der Waals surface area (Å²) in [6.45, 7) is 4.44. The molecule has 158 valence electrons. The van der Waals surface area contributed by atoms with E-state index in [0.717, 1.165) is 14.3 Å². The third kappa shape index (κ3) is 3.55. The maximum Gasteiger partial charge on any atom is 0.269 e. The van der Waals surface area contributed by atoms with Gasteiger partial charge in [-0.05, 0) is 49.7 Å². The van der Waals surface area contributed by atoms with Crippen LogP contribution in [0.5, 0.6) is 0 Å². The zero-order valence-electron chi connectivity index (χ0n) is 16.5. The molecule has 2 amide bonds. The van der Waals surface area contributed by atoms with E-state index in [0.29, 0.717) is 19.7 Å². The highest BCUT2D eigenvalue weighted by atomic mass is 79.9. The topological polar surface area (TPSA) is 84.0 Å². The van der Waals surface area contributed by atoms with E-state index in [1.165, 1.54) is 18.2 Å². The quantitative estimate of drug-likeness (QED) is 0.656. The molecule has 0 aliphatic carbocycles. The summed E-state index contributed by atoms with van der Waals surface area (Å²) in [4.78, 5) is 27.1. The van der Waals surface area contributed by atoms with Crippen LogP contribution in [0.4, 0.5) is 0 Å². The van der Waals surface area contributed by atoms with Crippen LogP contribution in [0.2, 0.25) is 0 Å². The number of morpholine rings is 1. The third-order valence-corrected chi connectivity index (χ3v) is 7.79. The smallest absolute Gasteiger partial charge is 0.269 e. The summed E-state index contributed by atoms with van der Waals surface area (Å²) < 4.78 is 33.3. The fraction of sp³-hybridized carbons (Fsp3) is 0.333. The first kappa shape index (κ1) is 21.0. The minimum absolute atomic E-state index is 0.106. The van der Waals surface area contributed by atoms with Gasteiger partial charge in [-0.15, -0.1) is 0 Å². The molecule has 7 nitrogen and oxygen atoms in total. The minimum atomic E-state index is -3.96. The van der Waals surface area contributed by atoms with Crippen LogP contribution in [0.25, 0.3) is 0 Å². The Morgan fingerprint density at radius 1 is 1.17 bits per heavy atom. The number of halogens is 1. The molecular weight excluding hydrogens is 472 g/mol. The van der Waals surface area contributed by atoms with Crippen molar-refractivity contribution in [2.75, 3.05) is 19.7 Å². The van der Waals surface area contributed by atoms with E-state index in [-0.39, 0.29) is 28.0 Å². The van der Waals surface area contributed by atoms with Crippen LogP contribution in [-0.4, -0.2) is 55.2 Å². The van der Waals surface area contributed by atoms with Crippen molar-refractivity contribution in [3.8, 4) is 0 Å². The summed E-state index contributed by atoms with van der Waals surface area (Å²) in [6.07, 6.45) is -0.257. The van der Waals surface area contributed by atoms with Gasteiger partial charge in [0, 0.05) is 22.6 Å². The number of nitrogens with zero attached hydrogens (tertiary/aromatic N) is 2. The molecule has 1 unspecified atom stereocenters. The molecule has 0 saturated carbocycles. The van der Waals surface area contributed by atoms with Crippen LogP contribution in [0, 0.1) is 0 Å². The van der Waals surface area contributed by atoms with Crippen molar-refractivity contribution in [2.45, 2.75) is 30.9 Å². The number of sulfonamides is 1. The van der Waals surface area contributed by atoms with Crippen molar-refractivity contribution in [3.63, 3.8) is 0 Å². The molecule has 2 heterocycles. The molecule has 2 aliphatic rings. The fourth-order valence-corrected chi connectivity index (χ4v) is 5.84. The lowest BCUT2D eigenvalue weighted by Gasteiger charge is -2.33. The standard InChI is InChI=1S/C21H21BrN2O5S/c1-13(2)24-21(26)17-8-5-15(11-19(17)30(24,27)28)20(25)23-9-10-29-18(12-23)14-3-6-16(22)7-4-14/h3-8,11,13,18H,9-10,12H2,1-2H3. The molecule has 9 heteroatoms. The van der Waals surface area contributed by atoms with Gasteiger partial charge in [-0.2, -0.15) is 0 Å². The number of carbonyl (C=O) groups excluding carboxylic acids is 2. The first-order valence-corrected chi connectivity index (χ1v) is 11.8. The van der Waals surface area contributed by atoms with Crippen molar-refractivity contribution >= 4 is 37.8 Å². The molecule has 0 bridgehead atoms. The predicted molar refractivity (Wildman–Crippen MR) is 114 cm³/mol. The van der Waals surface area contributed by atoms with Gasteiger partial charge in [-0.3, -0.25) is 9.59 Å². The Labute approximate surface area is 183 Å². The molecule has 0 spiro atoms. The molecule has 4 rings (SSSR count). The molecule has 2 aromatic carbocycles. The van der Waals surface area contributed by atoms with Gasteiger partial charge in [0.1, 0.15) is 11.0 Å². The lowest BCUT2D eigenvalue weighted by molar-refractivity contribution is -0.0228. The van der Waals surface area contributed by atoms with E-state index in [2.05, 4.69) is 15.9 Å². The van der Waals surface area contributed by atoms with Crippen LogP contribution in [0.1, 0.15) is 46.2 Å². The molecule has 1 atom stereocenters. The summed E-state index contributed by atoms with van der Waals surface area (Å²) in [5.41, 5.74) is 1.31. The van der Waals surface area contributed by atoms with Crippen molar-refractivity contribution in [1.82, 2.24) is 9.21 Å². The predicted octanol–water partition coefficient (Wildman–Crippen LogP) is 3.22. The number of benzene rings is 2. The van der Waals surface area contributed by atoms with E-state index in [9.17, 15) is 18.0 Å². The highest BCUT2D eigenvalue weighted by Crippen LogP contribution is 2.33. The van der Waals surface area contributed by atoms with Crippen molar-refractivity contribution < 1.29 is 22.7 Å². The Morgan fingerprint density at radius 3 is 2.53 bits per heavy atom. The largest absolute Gasteiger partial charge is 0.370 e. The van der Waals surface area contributed by atoms with Gasteiger partial charge in [-0.25, -0.2) is 12.7 Å². The van der Waals surface area contributed by atoms with E-state index in [1.807, 2.05) is 24.3 Å². The first-order valence-electron chi connectivity index (χ1n) is 9.59. The maximum absolute atomic E-state index is 13.1. The Morgan fingerprint density at radius 2 is 1.87 bits per heavy atom.